The van der Waals surface area contributed by atoms with Gasteiger partial charge in [0.1, 0.15) is 18.5 Å². The van der Waals surface area contributed by atoms with Crippen molar-refractivity contribution < 1.29 is 38.4 Å². The van der Waals surface area contributed by atoms with Gasteiger partial charge in [0.05, 0.1) is 19.0 Å². The highest BCUT2D eigenvalue weighted by Crippen LogP contribution is 2.40. The molecule has 1 atom stereocenters. The number of carbonyl (C=O) groups is 2. The third kappa shape index (κ3) is 6.94. The molecule has 0 bridgehead atoms. The first kappa shape index (κ1) is 25.5. The van der Waals surface area contributed by atoms with Gasteiger partial charge >= 0.3 is 12.1 Å². The fraction of sp³-hybridized carbons (Fsp3) is 0.417. The van der Waals surface area contributed by atoms with Gasteiger partial charge in [-0.05, 0) is 36.2 Å². The molecule has 0 saturated carbocycles. The Morgan fingerprint density at radius 2 is 1.85 bits per heavy atom. The summed E-state index contributed by atoms with van der Waals surface area (Å²) < 4.78 is 27.1. The summed E-state index contributed by atoms with van der Waals surface area (Å²) in [5.74, 6) is 1.31. The van der Waals surface area contributed by atoms with Crippen LogP contribution in [-0.2, 0) is 14.3 Å². The summed E-state index contributed by atoms with van der Waals surface area (Å²) in [4.78, 5) is 24.3. The molecule has 9 nitrogen and oxygen atoms in total. The van der Waals surface area contributed by atoms with Gasteiger partial charge in [-0.15, -0.1) is 0 Å². The SMILES string of the molecule is CC(C)(CCOC(=O)CS)[C@H](OC(=O)Nc1ccc2c(c1)OCO2)c1ccc(OCCO)cc1. The first-order chi connectivity index (χ1) is 16.3. The number of thiol groups is 1. The molecule has 2 aromatic carbocycles. The molecule has 0 aromatic heterocycles. The molecule has 0 unspecified atom stereocenters. The normalized spacial score (nSPS) is 13.2. The van der Waals surface area contributed by atoms with Crippen LogP contribution in [0, 0.1) is 5.41 Å². The van der Waals surface area contributed by atoms with Crippen LogP contribution in [0.3, 0.4) is 0 Å². The van der Waals surface area contributed by atoms with Crippen LogP contribution in [0.4, 0.5) is 10.5 Å². The van der Waals surface area contributed by atoms with Crippen LogP contribution in [0.25, 0.3) is 0 Å². The molecule has 2 N–H and O–H groups in total. The second-order valence-corrected chi connectivity index (χ2v) is 8.55. The number of amides is 1. The zero-order valence-electron chi connectivity index (χ0n) is 19.1. The van der Waals surface area contributed by atoms with Crippen molar-refractivity contribution in [3.8, 4) is 17.2 Å². The highest BCUT2D eigenvalue weighted by molar-refractivity contribution is 7.81. The van der Waals surface area contributed by atoms with Gasteiger partial charge in [0, 0.05) is 17.2 Å². The number of esters is 1. The molecule has 3 rings (SSSR count). The molecule has 0 saturated heterocycles. The maximum absolute atomic E-state index is 12.8. The summed E-state index contributed by atoms with van der Waals surface area (Å²) in [5.41, 5.74) is 0.653. The molecule has 1 amide bonds. The third-order valence-electron chi connectivity index (χ3n) is 5.24. The van der Waals surface area contributed by atoms with Crippen LogP contribution in [0.2, 0.25) is 0 Å². The Balaban J connectivity index is 1.74. The third-order valence-corrected chi connectivity index (χ3v) is 5.49. The standard InChI is InChI=1S/C24H29NO8S/c1-24(2,9-11-30-21(27)14-34)22(16-3-6-18(7-4-16)29-12-10-26)33-23(28)25-17-5-8-19-20(13-17)32-15-31-19/h3-8,13,22,26,34H,9-12,14-15H2,1-2H3,(H,25,28)/t22-/m1/s1. The average Bonchev–Trinajstić information content (AvgIpc) is 3.29. The molecule has 184 valence electrons. The molecule has 1 aliphatic heterocycles. The Labute approximate surface area is 203 Å². The van der Waals surface area contributed by atoms with E-state index in [0.717, 1.165) is 5.56 Å². The highest BCUT2D eigenvalue weighted by atomic mass is 32.1. The molecule has 2 aromatic rings. The van der Waals surface area contributed by atoms with Gasteiger partial charge in [0.15, 0.2) is 11.5 Å². The second kappa shape index (κ2) is 11.8. The van der Waals surface area contributed by atoms with Crippen molar-refractivity contribution in [1.82, 2.24) is 0 Å². The highest BCUT2D eigenvalue weighted by Gasteiger charge is 2.34. The van der Waals surface area contributed by atoms with Gasteiger partial charge in [-0.25, -0.2) is 4.79 Å². The van der Waals surface area contributed by atoms with Crippen LogP contribution in [0.5, 0.6) is 17.2 Å². The van der Waals surface area contributed by atoms with Gasteiger partial charge < -0.3 is 28.8 Å². The van der Waals surface area contributed by atoms with Crippen LogP contribution in [0.15, 0.2) is 42.5 Å². The Kier molecular flexibility index (Phi) is 8.89. The van der Waals surface area contributed by atoms with Gasteiger partial charge in [-0.1, -0.05) is 26.0 Å². The molecule has 10 heteroatoms. The number of hydrogen-bond donors (Lipinski definition) is 3. The van der Waals surface area contributed by atoms with Crippen molar-refractivity contribution in [3.63, 3.8) is 0 Å². The minimum absolute atomic E-state index is 0.00635. The summed E-state index contributed by atoms with van der Waals surface area (Å²) in [6.07, 6.45) is -0.870. The van der Waals surface area contributed by atoms with Crippen molar-refractivity contribution in [2.24, 2.45) is 5.41 Å². The molecule has 1 heterocycles. The van der Waals surface area contributed by atoms with Gasteiger partial charge in [0.2, 0.25) is 6.79 Å². The molecule has 0 aliphatic carbocycles. The number of benzene rings is 2. The fourth-order valence-corrected chi connectivity index (χ4v) is 3.51. The fourth-order valence-electron chi connectivity index (χ4n) is 3.41. The first-order valence-electron chi connectivity index (χ1n) is 10.8. The van der Waals surface area contributed by atoms with E-state index in [9.17, 15) is 9.59 Å². The average molecular weight is 492 g/mol. The van der Waals surface area contributed by atoms with E-state index in [-0.39, 0.29) is 32.4 Å². The van der Waals surface area contributed by atoms with E-state index in [0.29, 0.717) is 29.4 Å². The van der Waals surface area contributed by atoms with Crippen LogP contribution in [0.1, 0.15) is 31.9 Å². The molecular weight excluding hydrogens is 462 g/mol. The number of anilines is 1. The van der Waals surface area contributed by atoms with E-state index in [4.69, 9.17) is 28.8 Å². The van der Waals surface area contributed by atoms with Crippen molar-refractivity contribution in [1.29, 1.82) is 0 Å². The Bertz CT molecular complexity index is 979. The molecule has 0 radical (unpaired) electrons. The molecule has 1 aliphatic rings. The largest absolute Gasteiger partial charge is 0.491 e. The van der Waals surface area contributed by atoms with Crippen molar-refractivity contribution >= 4 is 30.4 Å². The van der Waals surface area contributed by atoms with E-state index in [1.165, 1.54) is 0 Å². The van der Waals surface area contributed by atoms with Crippen LogP contribution < -0.4 is 19.5 Å². The lowest BCUT2D eigenvalue weighted by atomic mass is 9.80. The van der Waals surface area contributed by atoms with Crippen LogP contribution >= 0.6 is 12.6 Å². The number of ether oxygens (including phenoxy) is 5. The van der Waals surface area contributed by atoms with E-state index < -0.39 is 23.6 Å². The Hall–Kier alpha value is -3.11. The second-order valence-electron chi connectivity index (χ2n) is 8.24. The van der Waals surface area contributed by atoms with Gasteiger partial charge in [-0.3, -0.25) is 10.1 Å². The Morgan fingerprint density at radius 1 is 1.12 bits per heavy atom. The molecular formula is C24H29NO8S. The molecule has 0 fully saturated rings. The maximum Gasteiger partial charge on any atom is 0.412 e. The number of carbonyl (C=O) groups excluding carboxylic acids is 2. The van der Waals surface area contributed by atoms with Crippen LogP contribution in [-0.4, -0.2) is 49.5 Å². The number of rotatable bonds is 11. The predicted molar refractivity (Wildman–Crippen MR) is 128 cm³/mol. The van der Waals surface area contributed by atoms with E-state index >= 15 is 0 Å². The summed E-state index contributed by atoms with van der Waals surface area (Å²) >= 11 is 3.91. The summed E-state index contributed by atoms with van der Waals surface area (Å²) in [6.45, 7) is 4.24. The Morgan fingerprint density at radius 3 is 2.56 bits per heavy atom. The van der Waals surface area contributed by atoms with E-state index in [2.05, 4.69) is 17.9 Å². The van der Waals surface area contributed by atoms with Crippen molar-refractivity contribution in [2.75, 3.05) is 37.7 Å². The number of nitrogens with one attached hydrogen (secondary N) is 1. The minimum atomic E-state index is -0.664. The zero-order valence-corrected chi connectivity index (χ0v) is 20.0. The lowest BCUT2D eigenvalue weighted by molar-refractivity contribution is -0.141. The topological polar surface area (TPSA) is 113 Å². The number of fused-ring (bicyclic) bond motifs is 1. The summed E-state index contributed by atoms with van der Waals surface area (Å²) in [6, 6.07) is 12.1. The van der Waals surface area contributed by atoms with Gasteiger partial charge in [0.25, 0.3) is 0 Å². The summed E-state index contributed by atoms with van der Waals surface area (Å²) in [5, 5.41) is 11.7. The van der Waals surface area contributed by atoms with Crippen molar-refractivity contribution in [3.05, 3.63) is 48.0 Å². The van der Waals surface area contributed by atoms with Gasteiger partial charge in [-0.2, -0.15) is 12.6 Å². The van der Waals surface area contributed by atoms with E-state index in [1.54, 1.807) is 42.5 Å². The first-order valence-corrected chi connectivity index (χ1v) is 11.4. The molecule has 0 spiro atoms. The number of hydrogen-bond acceptors (Lipinski definition) is 9. The number of aliphatic hydroxyl groups is 1. The molecule has 34 heavy (non-hydrogen) atoms. The lowest BCUT2D eigenvalue weighted by Crippen LogP contribution is -2.30. The minimum Gasteiger partial charge on any atom is -0.491 e. The zero-order chi connectivity index (χ0) is 24.6. The smallest absolute Gasteiger partial charge is 0.412 e. The maximum atomic E-state index is 12.8. The van der Waals surface area contributed by atoms with E-state index in [1.807, 2.05) is 13.8 Å². The quantitative estimate of drug-likeness (QED) is 0.320. The lowest BCUT2D eigenvalue weighted by Gasteiger charge is -2.34. The summed E-state index contributed by atoms with van der Waals surface area (Å²) in [7, 11) is 0. The van der Waals surface area contributed by atoms with Crippen molar-refractivity contribution in [2.45, 2.75) is 26.4 Å². The number of aliphatic hydroxyl groups excluding tert-OH is 1. The predicted octanol–water partition coefficient (Wildman–Crippen LogP) is 3.97. The monoisotopic (exact) mass is 491 g/mol.